The summed E-state index contributed by atoms with van der Waals surface area (Å²) in [6.07, 6.45) is 5.33. The molecule has 100 valence electrons. The molecular formula is C17H16N2O. The van der Waals surface area contributed by atoms with E-state index >= 15 is 0 Å². The van der Waals surface area contributed by atoms with Gasteiger partial charge in [0, 0.05) is 17.8 Å². The molecule has 0 fully saturated rings. The Balaban J connectivity index is 1.79. The van der Waals surface area contributed by atoms with Crippen LogP contribution < -0.4 is 10.6 Å². The molecule has 2 rings (SSSR count). The van der Waals surface area contributed by atoms with Crippen LogP contribution in [0.1, 0.15) is 11.1 Å². The Morgan fingerprint density at radius 1 is 1.10 bits per heavy atom. The third kappa shape index (κ3) is 4.18. The molecule has 0 saturated heterocycles. The predicted molar refractivity (Wildman–Crippen MR) is 81.2 cm³/mol. The van der Waals surface area contributed by atoms with Gasteiger partial charge in [0.05, 0.1) is 6.54 Å². The molecule has 0 heterocycles. The van der Waals surface area contributed by atoms with Gasteiger partial charge in [-0.05, 0) is 23.8 Å². The van der Waals surface area contributed by atoms with Gasteiger partial charge in [0.1, 0.15) is 0 Å². The molecule has 0 radical (unpaired) electrons. The number of carbonyl (C=O) groups is 1. The van der Waals surface area contributed by atoms with Gasteiger partial charge in [-0.15, -0.1) is 6.42 Å². The molecule has 0 atom stereocenters. The van der Waals surface area contributed by atoms with Gasteiger partial charge in [-0.25, -0.2) is 0 Å². The first kappa shape index (κ1) is 13.7. The summed E-state index contributed by atoms with van der Waals surface area (Å²) >= 11 is 0. The molecule has 0 aliphatic carbocycles. The smallest absolute Gasteiger partial charge is 0.239 e. The summed E-state index contributed by atoms with van der Waals surface area (Å²) in [6, 6.07) is 17.2. The van der Waals surface area contributed by atoms with Gasteiger partial charge >= 0.3 is 0 Å². The summed E-state index contributed by atoms with van der Waals surface area (Å²) in [4.78, 5) is 11.7. The standard InChI is InChI=1S/C17H16N2O/c1-2-14-9-6-10-16(11-14)18-13-17(20)19-12-15-7-4-3-5-8-15/h1,3-11,18H,12-13H2,(H,19,20). The Morgan fingerprint density at radius 3 is 2.65 bits per heavy atom. The first-order chi connectivity index (χ1) is 9.78. The summed E-state index contributed by atoms with van der Waals surface area (Å²) in [5, 5.41) is 5.90. The summed E-state index contributed by atoms with van der Waals surface area (Å²) in [7, 11) is 0. The van der Waals surface area contributed by atoms with E-state index in [9.17, 15) is 4.79 Å². The fraction of sp³-hybridized carbons (Fsp3) is 0.118. The second kappa shape index (κ2) is 7.01. The van der Waals surface area contributed by atoms with Crippen LogP contribution in [0.15, 0.2) is 54.6 Å². The maximum atomic E-state index is 11.7. The van der Waals surface area contributed by atoms with Crippen molar-refractivity contribution in [3.8, 4) is 12.3 Å². The third-order valence-corrected chi connectivity index (χ3v) is 2.81. The minimum Gasteiger partial charge on any atom is -0.376 e. The van der Waals surface area contributed by atoms with Gasteiger partial charge in [-0.2, -0.15) is 0 Å². The molecule has 2 aromatic carbocycles. The molecule has 1 amide bonds. The number of nitrogens with one attached hydrogen (secondary N) is 2. The summed E-state index contributed by atoms with van der Waals surface area (Å²) in [5.74, 6) is 2.51. The van der Waals surface area contributed by atoms with Crippen molar-refractivity contribution in [2.75, 3.05) is 11.9 Å². The number of hydrogen-bond acceptors (Lipinski definition) is 2. The van der Waals surface area contributed by atoms with E-state index in [0.29, 0.717) is 6.54 Å². The van der Waals surface area contributed by atoms with Crippen LogP contribution in [0.4, 0.5) is 5.69 Å². The Bertz CT molecular complexity index is 614. The summed E-state index contributed by atoms with van der Waals surface area (Å²) in [6.45, 7) is 0.757. The Labute approximate surface area is 119 Å². The van der Waals surface area contributed by atoms with Crippen LogP contribution in [0.2, 0.25) is 0 Å². The lowest BCUT2D eigenvalue weighted by molar-refractivity contribution is -0.119. The quantitative estimate of drug-likeness (QED) is 0.814. The molecule has 2 aromatic rings. The van der Waals surface area contributed by atoms with Crippen molar-refractivity contribution in [2.45, 2.75) is 6.54 Å². The van der Waals surface area contributed by atoms with E-state index in [2.05, 4.69) is 16.6 Å². The van der Waals surface area contributed by atoms with Gasteiger partial charge in [-0.1, -0.05) is 42.3 Å². The van der Waals surface area contributed by atoms with Crippen LogP contribution in [-0.4, -0.2) is 12.5 Å². The number of benzene rings is 2. The molecule has 3 nitrogen and oxygen atoms in total. The molecule has 0 unspecified atom stereocenters. The van der Waals surface area contributed by atoms with E-state index in [-0.39, 0.29) is 12.5 Å². The van der Waals surface area contributed by atoms with E-state index in [1.807, 2.05) is 54.6 Å². The highest BCUT2D eigenvalue weighted by molar-refractivity contribution is 5.80. The Hall–Kier alpha value is -2.73. The average Bonchev–Trinajstić information content (AvgIpc) is 2.52. The molecule has 0 aliphatic heterocycles. The van der Waals surface area contributed by atoms with Crippen molar-refractivity contribution >= 4 is 11.6 Å². The second-order valence-electron chi connectivity index (χ2n) is 4.34. The predicted octanol–water partition coefficient (Wildman–Crippen LogP) is 2.40. The van der Waals surface area contributed by atoms with Crippen molar-refractivity contribution in [3.63, 3.8) is 0 Å². The van der Waals surface area contributed by atoms with Gasteiger partial charge in [0.2, 0.25) is 5.91 Å². The Kier molecular flexibility index (Phi) is 4.80. The normalized spacial score (nSPS) is 9.55. The van der Waals surface area contributed by atoms with E-state index in [1.165, 1.54) is 0 Å². The van der Waals surface area contributed by atoms with Crippen LogP contribution in [0, 0.1) is 12.3 Å². The Morgan fingerprint density at radius 2 is 1.90 bits per heavy atom. The zero-order chi connectivity index (χ0) is 14.2. The zero-order valence-electron chi connectivity index (χ0n) is 11.1. The monoisotopic (exact) mass is 264 g/mol. The van der Waals surface area contributed by atoms with Gasteiger partial charge < -0.3 is 10.6 Å². The second-order valence-corrected chi connectivity index (χ2v) is 4.34. The van der Waals surface area contributed by atoms with Crippen molar-refractivity contribution in [1.29, 1.82) is 0 Å². The maximum absolute atomic E-state index is 11.7. The van der Waals surface area contributed by atoms with Crippen LogP contribution in [0.5, 0.6) is 0 Å². The van der Waals surface area contributed by atoms with E-state index in [4.69, 9.17) is 6.42 Å². The van der Waals surface area contributed by atoms with Crippen LogP contribution in [0.25, 0.3) is 0 Å². The number of amides is 1. The largest absolute Gasteiger partial charge is 0.376 e. The summed E-state index contributed by atoms with van der Waals surface area (Å²) < 4.78 is 0. The number of rotatable bonds is 5. The van der Waals surface area contributed by atoms with Crippen molar-refractivity contribution in [1.82, 2.24) is 5.32 Å². The van der Waals surface area contributed by atoms with Crippen molar-refractivity contribution in [3.05, 3.63) is 65.7 Å². The molecule has 0 aromatic heterocycles. The minimum absolute atomic E-state index is 0.0556. The highest BCUT2D eigenvalue weighted by Gasteiger charge is 2.01. The SMILES string of the molecule is C#Cc1cccc(NCC(=O)NCc2ccccc2)c1. The number of hydrogen-bond donors (Lipinski definition) is 2. The summed E-state index contributed by atoms with van der Waals surface area (Å²) in [5.41, 5.74) is 2.71. The fourth-order valence-corrected chi connectivity index (χ4v) is 1.76. The minimum atomic E-state index is -0.0556. The van der Waals surface area contributed by atoms with Crippen LogP contribution in [0.3, 0.4) is 0 Å². The zero-order valence-corrected chi connectivity index (χ0v) is 11.1. The molecule has 0 spiro atoms. The van der Waals surface area contributed by atoms with E-state index in [1.54, 1.807) is 0 Å². The molecule has 3 heteroatoms. The number of carbonyl (C=O) groups excluding carboxylic acids is 1. The topological polar surface area (TPSA) is 41.1 Å². The van der Waals surface area contributed by atoms with Gasteiger partial charge in [-0.3, -0.25) is 4.79 Å². The first-order valence-electron chi connectivity index (χ1n) is 6.39. The molecular weight excluding hydrogens is 248 g/mol. The lowest BCUT2D eigenvalue weighted by Crippen LogP contribution is -2.29. The number of anilines is 1. The first-order valence-corrected chi connectivity index (χ1v) is 6.39. The van der Waals surface area contributed by atoms with Gasteiger partial charge in [0.25, 0.3) is 0 Å². The number of terminal acetylenes is 1. The fourth-order valence-electron chi connectivity index (χ4n) is 1.76. The van der Waals surface area contributed by atoms with Crippen molar-refractivity contribution < 1.29 is 4.79 Å². The van der Waals surface area contributed by atoms with Crippen LogP contribution >= 0.6 is 0 Å². The molecule has 0 saturated carbocycles. The average molecular weight is 264 g/mol. The molecule has 0 bridgehead atoms. The molecule has 0 aliphatic rings. The molecule has 2 N–H and O–H groups in total. The van der Waals surface area contributed by atoms with E-state index < -0.39 is 0 Å². The van der Waals surface area contributed by atoms with Crippen LogP contribution in [-0.2, 0) is 11.3 Å². The lowest BCUT2D eigenvalue weighted by Gasteiger charge is -2.08. The highest BCUT2D eigenvalue weighted by atomic mass is 16.1. The van der Waals surface area contributed by atoms with Gasteiger partial charge in [0.15, 0.2) is 0 Å². The highest BCUT2D eigenvalue weighted by Crippen LogP contribution is 2.08. The third-order valence-electron chi connectivity index (χ3n) is 2.81. The lowest BCUT2D eigenvalue weighted by atomic mass is 10.2. The molecule has 20 heavy (non-hydrogen) atoms. The maximum Gasteiger partial charge on any atom is 0.239 e. The van der Waals surface area contributed by atoms with Crippen molar-refractivity contribution in [2.24, 2.45) is 0 Å². The van der Waals surface area contributed by atoms with E-state index in [0.717, 1.165) is 16.8 Å².